The number of ether oxygens (including phenoxy) is 4. The summed E-state index contributed by atoms with van der Waals surface area (Å²) in [6.07, 6.45) is 1.38. The Morgan fingerprint density at radius 3 is 2.47 bits per heavy atom. The Labute approximate surface area is 208 Å². The number of hydrogen-bond donors (Lipinski definition) is 1. The van der Waals surface area contributed by atoms with Crippen molar-refractivity contribution < 1.29 is 33.3 Å². The number of urea groups is 1. The van der Waals surface area contributed by atoms with E-state index in [2.05, 4.69) is 10.4 Å². The van der Waals surface area contributed by atoms with Gasteiger partial charge in [0.15, 0.2) is 18.1 Å². The normalized spacial score (nSPS) is 20.0. The first-order valence-corrected chi connectivity index (χ1v) is 11.4. The first kappa shape index (κ1) is 25.0. The van der Waals surface area contributed by atoms with E-state index in [0.29, 0.717) is 54.7 Å². The van der Waals surface area contributed by atoms with Gasteiger partial charge in [-0.15, -0.1) is 5.01 Å². The van der Waals surface area contributed by atoms with Crippen LogP contribution in [0.15, 0.2) is 47.6 Å². The van der Waals surface area contributed by atoms with Crippen molar-refractivity contribution in [2.45, 2.75) is 12.5 Å². The number of methoxy groups -OCH3 is 2. The lowest BCUT2D eigenvalue weighted by Gasteiger charge is -2.26. The number of hydrazone groups is 1. The Hall–Kier alpha value is -4.12. The van der Waals surface area contributed by atoms with Crippen LogP contribution in [0, 0.1) is 0 Å². The SMILES string of the molecule is COc1ccc(C2(C)NC(=O)N(/N=C/c3ccc(OCC(=O)N4CCOCC4)c(OC)c3)C2=O)cc1. The fourth-order valence-electron chi connectivity index (χ4n) is 3.90. The largest absolute Gasteiger partial charge is 0.497 e. The van der Waals surface area contributed by atoms with Gasteiger partial charge in [0.25, 0.3) is 11.8 Å². The molecule has 2 aliphatic heterocycles. The Morgan fingerprint density at radius 2 is 1.81 bits per heavy atom. The van der Waals surface area contributed by atoms with Gasteiger partial charge in [-0.3, -0.25) is 9.59 Å². The molecule has 2 aliphatic rings. The van der Waals surface area contributed by atoms with Gasteiger partial charge < -0.3 is 29.2 Å². The number of morpholine rings is 1. The van der Waals surface area contributed by atoms with E-state index in [1.165, 1.54) is 13.3 Å². The number of nitrogens with one attached hydrogen (secondary N) is 1. The lowest BCUT2D eigenvalue weighted by Crippen LogP contribution is -2.43. The summed E-state index contributed by atoms with van der Waals surface area (Å²) in [7, 11) is 3.03. The molecule has 0 aliphatic carbocycles. The van der Waals surface area contributed by atoms with E-state index in [9.17, 15) is 14.4 Å². The number of nitrogens with zero attached hydrogens (tertiary/aromatic N) is 3. The van der Waals surface area contributed by atoms with Crippen molar-refractivity contribution in [3.05, 3.63) is 53.6 Å². The molecule has 2 aromatic carbocycles. The van der Waals surface area contributed by atoms with Crippen molar-refractivity contribution in [3.63, 3.8) is 0 Å². The second-order valence-corrected chi connectivity index (χ2v) is 8.34. The first-order chi connectivity index (χ1) is 17.4. The second kappa shape index (κ2) is 10.6. The number of carbonyl (C=O) groups excluding carboxylic acids is 3. The maximum atomic E-state index is 13.1. The summed E-state index contributed by atoms with van der Waals surface area (Å²) >= 11 is 0. The zero-order valence-corrected chi connectivity index (χ0v) is 20.4. The second-order valence-electron chi connectivity index (χ2n) is 8.34. The monoisotopic (exact) mass is 496 g/mol. The smallest absolute Gasteiger partial charge is 0.346 e. The summed E-state index contributed by atoms with van der Waals surface area (Å²) in [6, 6.07) is 11.2. The van der Waals surface area contributed by atoms with Crippen molar-refractivity contribution in [1.82, 2.24) is 15.2 Å². The number of imide groups is 1. The quantitative estimate of drug-likeness (QED) is 0.437. The van der Waals surface area contributed by atoms with E-state index >= 15 is 0 Å². The minimum absolute atomic E-state index is 0.129. The van der Waals surface area contributed by atoms with Gasteiger partial charge in [0, 0.05) is 13.1 Å². The highest BCUT2D eigenvalue weighted by molar-refractivity contribution is 6.07. The molecule has 0 spiro atoms. The maximum absolute atomic E-state index is 13.1. The molecule has 1 N–H and O–H groups in total. The summed E-state index contributed by atoms with van der Waals surface area (Å²) in [5, 5.41) is 7.60. The lowest BCUT2D eigenvalue weighted by molar-refractivity contribution is -0.137. The predicted molar refractivity (Wildman–Crippen MR) is 129 cm³/mol. The highest BCUT2D eigenvalue weighted by Gasteiger charge is 2.49. The zero-order chi connectivity index (χ0) is 25.7. The molecular weight excluding hydrogens is 468 g/mol. The molecule has 0 saturated carbocycles. The number of benzene rings is 2. The number of carbonyl (C=O) groups is 3. The molecule has 1 atom stereocenters. The van der Waals surface area contributed by atoms with Crippen molar-refractivity contribution in [2.24, 2.45) is 5.10 Å². The molecule has 2 saturated heterocycles. The molecule has 2 aromatic rings. The van der Waals surface area contributed by atoms with Gasteiger partial charge in [-0.05, 0) is 48.4 Å². The third kappa shape index (κ3) is 5.10. The van der Waals surface area contributed by atoms with Gasteiger partial charge in [0.1, 0.15) is 11.3 Å². The van der Waals surface area contributed by atoms with Crippen LogP contribution in [0.4, 0.5) is 4.79 Å². The summed E-state index contributed by atoms with van der Waals surface area (Å²) in [4.78, 5) is 39.6. The summed E-state index contributed by atoms with van der Waals surface area (Å²) in [5.74, 6) is 0.764. The van der Waals surface area contributed by atoms with Crippen LogP contribution < -0.4 is 19.5 Å². The van der Waals surface area contributed by atoms with Crippen LogP contribution in [0.25, 0.3) is 0 Å². The Bertz CT molecular complexity index is 1160. The Balaban J connectivity index is 1.43. The summed E-state index contributed by atoms with van der Waals surface area (Å²) in [5.41, 5.74) is -0.0881. The van der Waals surface area contributed by atoms with Crippen LogP contribution in [-0.2, 0) is 19.9 Å². The Morgan fingerprint density at radius 1 is 1.08 bits per heavy atom. The Kier molecular flexibility index (Phi) is 7.39. The van der Waals surface area contributed by atoms with E-state index < -0.39 is 17.5 Å². The molecule has 4 amide bonds. The maximum Gasteiger partial charge on any atom is 0.346 e. The molecule has 2 heterocycles. The highest BCUT2D eigenvalue weighted by atomic mass is 16.5. The highest BCUT2D eigenvalue weighted by Crippen LogP contribution is 2.31. The van der Waals surface area contributed by atoms with Crippen LogP contribution in [-0.4, -0.2) is 81.1 Å². The minimum atomic E-state index is -1.26. The van der Waals surface area contributed by atoms with E-state index in [0.717, 1.165) is 5.01 Å². The van der Waals surface area contributed by atoms with Crippen molar-refractivity contribution in [1.29, 1.82) is 0 Å². The summed E-state index contributed by atoms with van der Waals surface area (Å²) in [6.45, 7) is 3.60. The van der Waals surface area contributed by atoms with Gasteiger partial charge in [-0.1, -0.05) is 12.1 Å². The van der Waals surface area contributed by atoms with Gasteiger partial charge >= 0.3 is 6.03 Å². The predicted octanol–water partition coefficient (Wildman–Crippen LogP) is 1.74. The molecule has 190 valence electrons. The third-order valence-corrected chi connectivity index (χ3v) is 6.06. The van der Waals surface area contributed by atoms with Crippen LogP contribution in [0.3, 0.4) is 0 Å². The fourth-order valence-corrected chi connectivity index (χ4v) is 3.90. The molecule has 0 aromatic heterocycles. The van der Waals surface area contributed by atoms with E-state index in [4.69, 9.17) is 18.9 Å². The van der Waals surface area contributed by atoms with E-state index in [1.54, 1.807) is 61.4 Å². The van der Waals surface area contributed by atoms with Gasteiger partial charge in [0.05, 0.1) is 33.6 Å². The van der Waals surface area contributed by atoms with Gasteiger partial charge in [0.2, 0.25) is 0 Å². The zero-order valence-electron chi connectivity index (χ0n) is 20.4. The number of hydrogen-bond acceptors (Lipinski definition) is 8. The molecule has 1 unspecified atom stereocenters. The van der Waals surface area contributed by atoms with Crippen LogP contribution in [0.1, 0.15) is 18.1 Å². The molecule has 36 heavy (non-hydrogen) atoms. The molecular formula is C25H28N4O7. The lowest BCUT2D eigenvalue weighted by atomic mass is 9.92. The number of amides is 4. The average molecular weight is 497 g/mol. The van der Waals surface area contributed by atoms with E-state index in [-0.39, 0.29) is 12.5 Å². The fraction of sp³-hybridized carbons (Fsp3) is 0.360. The van der Waals surface area contributed by atoms with Gasteiger partial charge in [-0.2, -0.15) is 5.10 Å². The molecule has 0 bridgehead atoms. The van der Waals surface area contributed by atoms with Crippen molar-refractivity contribution in [3.8, 4) is 17.2 Å². The van der Waals surface area contributed by atoms with Crippen LogP contribution in [0.2, 0.25) is 0 Å². The molecule has 4 rings (SSSR count). The van der Waals surface area contributed by atoms with Crippen LogP contribution >= 0.6 is 0 Å². The number of rotatable bonds is 8. The summed E-state index contributed by atoms with van der Waals surface area (Å²) < 4.78 is 21.5. The van der Waals surface area contributed by atoms with Crippen molar-refractivity contribution >= 4 is 24.1 Å². The van der Waals surface area contributed by atoms with Crippen molar-refractivity contribution in [2.75, 3.05) is 47.1 Å². The molecule has 0 radical (unpaired) electrons. The molecule has 2 fully saturated rings. The standard InChI is InChI=1S/C25H28N4O7/c1-25(18-5-7-19(33-2)8-6-18)23(31)29(24(32)27-25)26-15-17-4-9-20(21(14-17)34-3)36-16-22(30)28-10-12-35-13-11-28/h4-9,14-15H,10-13,16H2,1-3H3,(H,27,32)/b26-15+. The average Bonchev–Trinajstić information content (AvgIpc) is 3.14. The molecule has 11 nitrogen and oxygen atoms in total. The first-order valence-electron chi connectivity index (χ1n) is 11.4. The third-order valence-electron chi connectivity index (χ3n) is 6.06. The topological polar surface area (TPSA) is 119 Å². The van der Waals surface area contributed by atoms with Gasteiger partial charge in [-0.25, -0.2) is 4.79 Å². The van der Waals surface area contributed by atoms with Crippen LogP contribution in [0.5, 0.6) is 17.2 Å². The van der Waals surface area contributed by atoms with E-state index in [1.807, 2.05) is 0 Å². The minimum Gasteiger partial charge on any atom is -0.497 e. The molecule has 11 heteroatoms.